The molecule has 1 unspecified atom stereocenters. The lowest BCUT2D eigenvalue weighted by atomic mass is 10.1. The Hall–Kier alpha value is -2.28. The number of carbonyl (C=O) groups is 1. The van der Waals surface area contributed by atoms with Crippen molar-refractivity contribution in [2.24, 2.45) is 5.92 Å². The minimum atomic E-state index is -0.445. The van der Waals surface area contributed by atoms with E-state index in [0.717, 1.165) is 12.8 Å². The molecule has 1 amide bonds. The molecule has 0 radical (unpaired) electrons. The fourth-order valence-electron chi connectivity index (χ4n) is 2.03. The number of aliphatic hydroxyl groups excluding tert-OH is 1. The molecule has 1 fully saturated rings. The molecule has 1 saturated carbocycles. The van der Waals surface area contributed by atoms with Crippen molar-refractivity contribution in [3.05, 3.63) is 29.8 Å². The molecule has 3 N–H and O–H groups in total. The van der Waals surface area contributed by atoms with Crippen LogP contribution in [0.4, 0.5) is 0 Å². The highest BCUT2D eigenvalue weighted by atomic mass is 16.3. The number of amides is 1. The van der Waals surface area contributed by atoms with Gasteiger partial charge in [-0.2, -0.15) is 5.21 Å². The van der Waals surface area contributed by atoms with Crippen molar-refractivity contribution in [2.45, 2.75) is 18.9 Å². The van der Waals surface area contributed by atoms with Gasteiger partial charge in [0, 0.05) is 17.7 Å². The van der Waals surface area contributed by atoms with Crippen molar-refractivity contribution in [1.82, 2.24) is 25.9 Å². The molecule has 1 aromatic carbocycles. The molecule has 20 heavy (non-hydrogen) atoms. The highest BCUT2D eigenvalue weighted by molar-refractivity contribution is 5.95. The van der Waals surface area contributed by atoms with Gasteiger partial charge in [-0.25, -0.2) is 0 Å². The standard InChI is InChI=1S/C13H15N5O2/c19-11(8-4-5-8)7-14-13(20)10-3-1-2-9(6-10)12-15-17-18-16-12/h1-3,6,8,11,19H,4-5,7H2,(H,14,20)(H,15,16,17,18). The number of nitrogens with zero attached hydrogens (tertiary/aromatic N) is 3. The van der Waals surface area contributed by atoms with E-state index in [-0.39, 0.29) is 12.5 Å². The average molecular weight is 273 g/mol. The molecular weight excluding hydrogens is 258 g/mol. The monoisotopic (exact) mass is 273 g/mol. The first-order valence-electron chi connectivity index (χ1n) is 6.54. The van der Waals surface area contributed by atoms with E-state index in [1.54, 1.807) is 24.3 Å². The van der Waals surface area contributed by atoms with Crippen LogP contribution < -0.4 is 5.32 Å². The summed E-state index contributed by atoms with van der Waals surface area (Å²) in [4.78, 5) is 12.0. The van der Waals surface area contributed by atoms with Crippen molar-refractivity contribution in [3.8, 4) is 11.4 Å². The van der Waals surface area contributed by atoms with Crippen molar-refractivity contribution in [3.63, 3.8) is 0 Å². The Balaban J connectivity index is 1.66. The second-order valence-electron chi connectivity index (χ2n) is 4.93. The lowest BCUT2D eigenvalue weighted by Gasteiger charge is -2.10. The molecule has 0 bridgehead atoms. The van der Waals surface area contributed by atoms with Gasteiger partial charge in [-0.05, 0) is 36.1 Å². The number of rotatable bonds is 5. The zero-order valence-corrected chi connectivity index (χ0v) is 10.8. The van der Waals surface area contributed by atoms with Crippen LogP contribution in [0.2, 0.25) is 0 Å². The van der Waals surface area contributed by atoms with Crippen LogP contribution in [0.25, 0.3) is 11.4 Å². The Morgan fingerprint density at radius 2 is 2.35 bits per heavy atom. The number of aliphatic hydroxyl groups is 1. The smallest absolute Gasteiger partial charge is 0.251 e. The number of hydrogen-bond acceptors (Lipinski definition) is 5. The van der Waals surface area contributed by atoms with Crippen LogP contribution in [0.1, 0.15) is 23.2 Å². The van der Waals surface area contributed by atoms with E-state index in [1.807, 2.05) is 0 Å². The summed E-state index contributed by atoms with van der Waals surface area (Å²) in [6, 6.07) is 6.98. The third kappa shape index (κ3) is 2.83. The molecule has 1 aromatic heterocycles. The molecule has 1 aliphatic carbocycles. The van der Waals surface area contributed by atoms with Crippen molar-refractivity contribution in [1.29, 1.82) is 0 Å². The molecular formula is C13H15N5O2. The Morgan fingerprint density at radius 1 is 1.50 bits per heavy atom. The Labute approximate surface area is 115 Å². The van der Waals surface area contributed by atoms with E-state index in [9.17, 15) is 9.90 Å². The molecule has 7 heteroatoms. The van der Waals surface area contributed by atoms with E-state index in [0.29, 0.717) is 22.9 Å². The zero-order valence-electron chi connectivity index (χ0n) is 10.8. The highest BCUT2D eigenvalue weighted by Gasteiger charge is 2.29. The van der Waals surface area contributed by atoms with Gasteiger partial charge in [0.05, 0.1) is 6.10 Å². The lowest BCUT2D eigenvalue weighted by Crippen LogP contribution is -2.33. The number of nitrogens with one attached hydrogen (secondary N) is 2. The topological polar surface area (TPSA) is 104 Å². The van der Waals surface area contributed by atoms with Crippen LogP contribution in [-0.4, -0.2) is 44.3 Å². The number of hydrogen-bond donors (Lipinski definition) is 3. The van der Waals surface area contributed by atoms with Crippen LogP contribution in [0, 0.1) is 5.92 Å². The molecule has 7 nitrogen and oxygen atoms in total. The molecule has 1 heterocycles. The predicted molar refractivity (Wildman–Crippen MR) is 70.7 cm³/mol. The Kier molecular flexibility index (Phi) is 3.42. The van der Waals surface area contributed by atoms with Gasteiger partial charge in [0.2, 0.25) is 5.82 Å². The first-order chi connectivity index (χ1) is 9.74. The summed E-state index contributed by atoms with van der Waals surface area (Å²) in [7, 11) is 0. The number of H-pyrrole nitrogens is 1. The molecule has 2 aromatic rings. The number of aromatic nitrogens is 4. The molecule has 1 aliphatic rings. The Bertz CT molecular complexity index is 595. The van der Waals surface area contributed by atoms with Gasteiger partial charge in [0.15, 0.2) is 0 Å². The Morgan fingerprint density at radius 3 is 3.05 bits per heavy atom. The van der Waals surface area contributed by atoms with Gasteiger partial charge in [-0.3, -0.25) is 4.79 Å². The zero-order chi connectivity index (χ0) is 13.9. The summed E-state index contributed by atoms with van der Waals surface area (Å²) in [6.07, 6.45) is 1.65. The maximum atomic E-state index is 12.0. The third-order valence-electron chi connectivity index (χ3n) is 3.37. The van der Waals surface area contributed by atoms with Gasteiger partial charge in [0.25, 0.3) is 5.91 Å². The molecule has 0 aliphatic heterocycles. The van der Waals surface area contributed by atoms with E-state index < -0.39 is 6.10 Å². The summed E-state index contributed by atoms with van der Waals surface area (Å²) in [5.41, 5.74) is 1.23. The van der Waals surface area contributed by atoms with Gasteiger partial charge in [-0.1, -0.05) is 12.1 Å². The predicted octanol–water partition coefficient (Wildman–Crippen LogP) is 0.367. The number of aromatic amines is 1. The van der Waals surface area contributed by atoms with Crippen LogP contribution >= 0.6 is 0 Å². The fourth-order valence-corrected chi connectivity index (χ4v) is 2.03. The maximum absolute atomic E-state index is 12.0. The SMILES string of the molecule is O=C(NCC(O)C1CC1)c1cccc(-c2nn[nH]n2)c1. The average Bonchev–Trinajstić information content (AvgIpc) is 3.19. The quantitative estimate of drug-likeness (QED) is 0.730. The van der Waals surface area contributed by atoms with Crippen LogP contribution in [0.15, 0.2) is 24.3 Å². The summed E-state index contributed by atoms with van der Waals surface area (Å²) < 4.78 is 0. The second-order valence-corrected chi connectivity index (χ2v) is 4.93. The molecule has 104 valence electrons. The molecule has 0 saturated heterocycles. The number of benzene rings is 1. The number of carbonyl (C=O) groups excluding carboxylic acids is 1. The molecule has 3 rings (SSSR count). The van der Waals surface area contributed by atoms with E-state index in [4.69, 9.17) is 0 Å². The van der Waals surface area contributed by atoms with Gasteiger partial charge in [-0.15, -0.1) is 10.2 Å². The van der Waals surface area contributed by atoms with E-state index >= 15 is 0 Å². The summed E-state index contributed by atoms with van der Waals surface area (Å²) >= 11 is 0. The van der Waals surface area contributed by atoms with E-state index in [1.165, 1.54) is 0 Å². The van der Waals surface area contributed by atoms with Gasteiger partial charge in [0.1, 0.15) is 0 Å². The van der Waals surface area contributed by atoms with Gasteiger partial charge < -0.3 is 10.4 Å². The van der Waals surface area contributed by atoms with Crippen molar-refractivity contribution >= 4 is 5.91 Å². The first-order valence-corrected chi connectivity index (χ1v) is 6.54. The molecule has 1 atom stereocenters. The fraction of sp³-hybridized carbons (Fsp3) is 0.385. The maximum Gasteiger partial charge on any atom is 0.251 e. The van der Waals surface area contributed by atoms with E-state index in [2.05, 4.69) is 25.9 Å². The van der Waals surface area contributed by atoms with Crippen LogP contribution in [0.5, 0.6) is 0 Å². The first kappa shape index (κ1) is 12.7. The second kappa shape index (κ2) is 5.38. The number of tetrazole rings is 1. The van der Waals surface area contributed by atoms with Crippen molar-refractivity contribution < 1.29 is 9.90 Å². The summed E-state index contributed by atoms with van der Waals surface area (Å²) in [5.74, 6) is 0.577. The minimum Gasteiger partial charge on any atom is -0.391 e. The lowest BCUT2D eigenvalue weighted by molar-refractivity contribution is 0.0901. The van der Waals surface area contributed by atoms with Crippen LogP contribution in [-0.2, 0) is 0 Å². The van der Waals surface area contributed by atoms with Gasteiger partial charge >= 0.3 is 0 Å². The van der Waals surface area contributed by atoms with Crippen LogP contribution in [0.3, 0.4) is 0 Å². The highest BCUT2D eigenvalue weighted by Crippen LogP contribution is 2.32. The summed E-state index contributed by atoms with van der Waals surface area (Å²) in [5, 5.41) is 26.1. The summed E-state index contributed by atoms with van der Waals surface area (Å²) in [6.45, 7) is 0.288. The minimum absolute atomic E-state index is 0.213. The normalized spacial score (nSPS) is 15.8. The largest absolute Gasteiger partial charge is 0.391 e. The third-order valence-corrected chi connectivity index (χ3v) is 3.37. The van der Waals surface area contributed by atoms with Crippen molar-refractivity contribution in [2.75, 3.05) is 6.54 Å². The molecule has 0 spiro atoms.